The number of rotatable bonds is 5. The monoisotopic (exact) mass is 235 g/mol. The SMILES string of the molecule is CCc1c(C)nc(C(OC)C2CC2)nc1NC. The van der Waals surface area contributed by atoms with Crippen molar-refractivity contribution >= 4 is 5.82 Å². The summed E-state index contributed by atoms with van der Waals surface area (Å²) in [6.45, 7) is 4.17. The van der Waals surface area contributed by atoms with E-state index < -0.39 is 0 Å². The maximum atomic E-state index is 5.54. The van der Waals surface area contributed by atoms with Gasteiger partial charge in [0.2, 0.25) is 0 Å². The molecule has 2 rings (SSSR count). The van der Waals surface area contributed by atoms with Crippen LogP contribution in [0.2, 0.25) is 0 Å². The van der Waals surface area contributed by atoms with E-state index in [1.807, 2.05) is 14.0 Å². The van der Waals surface area contributed by atoms with Crippen LogP contribution in [-0.2, 0) is 11.2 Å². The Labute approximate surface area is 103 Å². The number of nitrogens with zero attached hydrogens (tertiary/aromatic N) is 2. The number of ether oxygens (including phenoxy) is 1. The first-order valence-corrected chi connectivity index (χ1v) is 6.29. The smallest absolute Gasteiger partial charge is 0.160 e. The molecule has 1 heterocycles. The lowest BCUT2D eigenvalue weighted by Gasteiger charge is -2.17. The third-order valence-corrected chi connectivity index (χ3v) is 3.38. The molecule has 1 N–H and O–H groups in total. The van der Waals surface area contributed by atoms with Crippen molar-refractivity contribution < 1.29 is 4.74 Å². The van der Waals surface area contributed by atoms with Gasteiger partial charge in [0, 0.05) is 25.4 Å². The van der Waals surface area contributed by atoms with Gasteiger partial charge in [0.15, 0.2) is 5.82 Å². The molecular weight excluding hydrogens is 214 g/mol. The van der Waals surface area contributed by atoms with Gasteiger partial charge in [-0.15, -0.1) is 0 Å². The lowest BCUT2D eigenvalue weighted by atomic mass is 10.1. The summed E-state index contributed by atoms with van der Waals surface area (Å²) in [6.07, 6.45) is 3.46. The summed E-state index contributed by atoms with van der Waals surface area (Å²) in [5, 5.41) is 3.16. The van der Waals surface area contributed by atoms with Gasteiger partial charge in [-0.05, 0) is 32.1 Å². The zero-order valence-electron chi connectivity index (χ0n) is 11.1. The molecule has 1 fully saturated rings. The van der Waals surface area contributed by atoms with E-state index in [1.54, 1.807) is 7.11 Å². The van der Waals surface area contributed by atoms with Crippen molar-refractivity contribution in [3.05, 3.63) is 17.1 Å². The molecule has 1 aromatic rings. The summed E-state index contributed by atoms with van der Waals surface area (Å²) in [5.41, 5.74) is 2.26. The van der Waals surface area contributed by atoms with E-state index in [2.05, 4.69) is 22.2 Å². The fourth-order valence-electron chi connectivity index (χ4n) is 2.28. The highest BCUT2D eigenvalue weighted by molar-refractivity contribution is 5.46. The van der Waals surface area contributed by atoms with Crippen LogP contribution >= 0.6 is 0 Å². The standard InChI is InChI=1S/C13H21N3O/c1-5-10-8(2)15-13(16-12(10)14-3)11(17-4)9-6-7-9/h9,11H,5-7H2,1-4H3,(H,14,15,16). The Hall–Kier alpha value is -1.16. The number of aromatic nitrogens is 2. The van der Waals surface area contributed by atoms with Gasteiger partial charge in [0.05, 0.1) is 0 Å². The van der Waals surface area contributed by atoms with Gasteiger partial charge in [0.1, 0.15) is 11.9 Å². The lowest BCUT2D eigenvalue weighted by molar-refractivity contribution is 0.0771. The molecule has 17 heavy (non-hydrogen) atoms. The molecule has 1 aromatic heterocycles. The summed E-state index contributed by atoms with van der Waals surface area (Å²) < 4.78 is 5.54. The van der Waals surface area contributed by atoms with E-state index in [0.29, 0.717) is 5.92 Å². The third kappa shape index (κ3) is 2.41. The van der Waals surface area contributed by atoms with E-state index >= 15 is 0 Å². The minimum absolute atomic E-state index is 0.0618. The molecule has 4 heteroatoms. The second-order valence-corrected chi connectivity index (χ2v) is 4.59. The number of anilines is 1. The van der Waals surface area contributed by atoms with E-state index in [1.165, 1.54) is 18.4 Å². The van der Waals surface area contributed by atoms with Crippen LogP contribution in [0.25, 0.3) is 0 Å². The van der Waals surface area contributed by atoms with Crippen molar-refractivity contribution in [1.29, 1.82) is 0 Å². The van der Waals surface area contributed by atoms with Crippen molar-refractivity contribution in [2.45, 2.75) is 39.2 Å². The number of nitrogens with one attached hydrogen (secondary N) is 1. The first-order valence-electron chi connectivity index (χ1n) is 6.29. The van der Waals surface area contributed by atoms with Crippen molar-refractivity contribution in [2.75, 3.05) is 19.5 Å². The average Bonchev–Trinajstić information content (AvgIpc) is 3.13. The topological polar surface area (TPSA) is 47.0 Å². The lowest BCUT2D eigenvalue weighted by Crippen LogP contribution is -2.13. The molecule has 4 nitrogen and oxygen atoms in total. The number of methoxy groups -OCH3 is 1. The first kappa shape index (κ1) is 12.3. The van der Waals surface area contributed by atoms with Gasteiger partial charge < -0.3 is 10.1 Å². The molecule has 1 unspecified atom stereocenters. The van der Waals surface area contributed by atoms with Crippen LogP contribution in [0.3, 0.4) is 0 Å². The Bertz CT molecular complexity index is 402. The molecule has 0 spiro atoms. The predicted molar refractivity (Wildman–Crippen MR) is 68.2 cm³/mol. The molecule has 0 radical (unpaired) electrons. The molecule has 94 valence electrons. The van der Waals surface area contributed by atoms with Crippen LogP contribution in [0.15, 0.2) is 0 Å². The molecular formula is C13H21N3O. The van der Waals surface area contributed by atoms with Crippen molar-refractivity contribution in [2.24, 2.45) is 5.92 Å². The van der Waals surface area contributed by atoms with E-state index in [4.69, 9.17) is 4.74 Å². The second kappa shape index (κ2) is 5.00. The van der Waals surface area contributed by atoms with Crippen LogP contribution in [0.4, 0.5) is 5.82 Å². The predicted octanol–water partition coefficient (Wildman–Crippen LogP) is 2.49. The second-order valence-electron chi connectivity index (χ2n) is 4.59. The van der Waals surface area contributed by atoms with Gasteiger partial charge in [-0.25, -0.2) is 9.97 Å². The highest BCUT2D eigenvalue weighted by Crippen LogP contribution is 2.42. The van der Waals surface area contributed by atoms with Crippen LogP contribution in [0.1, 0.15) is 43.0 Å². The highest BCUT2D eigenvalue weighted by Gasteiger charge is 2.34. The van der Waals surface area contributed by atoms with Gasteiger partial charge in [-0.2, -0.15) is 0 Å². The van der Waals surface area contributed by atoms with Crippen molar-refractivity contribution in [3.63, 3.8) is 0 Å². The summed E-state index contributed by atoms with van der Waals surface area (Å²) in [7, 11) is 3.65. The van der Waals surface area contributed by atoms with Crippen LogP contribution < -0.4 is 5.32 Å². The van der Waals surface area contributed by atoms with E-state index in [0.717, 1.165) is 23.8 Å². The van der Waals surface area contributed by atoms with Gasteiger partial charge in [-0.3, -0.25) is 0 Å². The van der Waals surface area contributed by atoms with Crippen LogP contribution in [0, 0.1) is 12.8 Å². The zero-order chi connectivity index (χ0) is 12.4. The molecule has 1 saturated carbocycles. The fraction of sp³-hybridized carbons (Fsp3) is 0.692. The van der Waals surface area contributed by atoms with E-state index in [-0.39, 0.29) is 6.10 Å². The Balaban J connectivity index is 2.37. The minimum Gasteiger partial charge on any atom is -0.373 e. The molecule has 0 aromatic carbocycles. The van der Waals surface area contributed by atoms with Gasteiger partial charge >= 0.3 is 0 Å². The molecule has 0 bridgehead atoms. The summed E-state index contributed by atoms with van der Waals surface area (Å²) in [6, 6.07) is 0. The molecule has 0 saturated heterocycles. The Morgan fingerprint density at radius 2 is 2.12 bits per heavy atom. The molecule has 1 atom stereocenters. The first-order chi connectivity index (χ1) is 8.21. The summed E-state index contributed by atoms with van der Waals surface area (Å²) in [4.78, 5) is 9.22. The number of hydrogen-bond donors (Lipinski definition) is 1. The van der Waals surface area contributed by atoms with Gasteiger partial charge in [0.25, 0.3) is 0 Å². The average molecular weight is 235 g/mol. The maximum absolute atomic E-state index is 5.54. The molecule has 0 amide bonds. The quantitative estimate of drug-likeness (QED) is 0.851. The largest absolute Gasteiger partial charge is 0.373 e. The Morgan fingerprint density at radius 3 is 2.59 bits per heavy atom. The maximum Gasteiger partial charge on any atom is 0.160 e. The summed E-state index contributed by atoms with van der Waals surface area (Å²) >= 11 is 0. The molecule has 0 aliphatic heterocycles. The Morgan fingerprint density at radius 1 is 1.41 bits per heavy atom. The Kier molecular flexibility index (Phi) is 3.62. The van der Waals surface area contributed by atoms with Crippen molar-refractivity contribution in [1.82, 2.24) is 9.97 Å². The number of aryl methyl sites for hydroxylation is 1. The minimum atomic E-state index is 0.0618. The normalized spacial score (nSPS) is 16.9. The van der Waals surface area contributed by atoms with E-state index in [9.17, 15) is 0 Å². The summed E-state index contributed by atoms with van der Waals surface area (Å²) in [5.74, 6) is 2.38. The highest BCUT2D eigenvalue weighted by atomic mass is 16.5. The number of hydrogen-bond acceptors (Lipinski definition) is 4. The zero-order valence-corrected chi connectivity index (χ0v) is 11.1. The van der Waals surface area contributed by atoms with Crippen LogP contribution in [0.5, 0.6) is 0 Å². The molecule has 1 aliphatic rings. The fourth-order valence-corrected chi connectivity index (χ4v) is 2.28. The van der Waals surface area contributed by atoms with Crippen LogP contribution in [-0.4, -0.2) is 24.1 Å². The van der Waals surface area contributed by atoms with Crippen molar-refractivity contribution in [3.8, 4) is 0 Å². The third-order valence-electron chi connectivity index (χ3n) is 3.38. The molecule has 1 aliphatic carbocycles. The van der Waals surface area contributed by atoms with Gasteiger partial charge in [-0.1, -0.05) is 6.92 Å².